The normalized spacial score (nSPS) is 10.9. The van der Waals surface area contributed by atoms with Crippen LogP contribution >= 0.6 is 0 Å². The monoisotopic (exact) mass is 498 g/mol. The number of ether oxygens (including phenoxy) is 3. The zero-order valence-electron chi connectivity index (χ0n) is 20.1. The fourth-order valence-corrected chi connectivity index (χ4v) is 4.35. The second-order valence-electron chi connectivity index (χ2n) is 7.80. The maximum Gasteiger partial charge on any atom is 0.240 e. The number of carbonyl (C=O) groups is 1. The fourth-order valence-electron chi connectivity index (χ4n) is 3.49. The SMILES string of the molecule is COc1ccc(CCCNC(=O)CN(c2ccccc2Oc2ccccc2)S(C)(=O)=O)cc1OC. The lowest BCUT2D eigenvalue weighted by Crippen LogP contribution is -2.40. The van der Waals surface area contributed by atoms with E-state index in [4.69, 9.17) is 14.2 Å². The maximum atomic E-state index is 12.6. The quantitative estimate of drug-likeness (QED) is 0.379. The highest BCUT2D eigenvalue weighted by atomic mass is 32.2. The van der Waals surface area contributed by atoms with Crippen molar-refractivity contribution in [3.05, 3.63) is 78.4 Å². The lowest BCUT2D eigenvalue weighted by Gasteiger charge is -2.24. The van der Waals surface area contributed by atoms with E-state index in [9.17, 15) is 13.2 Å². The van der Waals surface area contributed by atoms with Gasteiger partial charge in [-0.05, 0) is 54.8 Å². The van der Waals surface area contributed by atoms with E-state index in [2.05, 4.69) is 5.32 Å². The molecule has 0 spiro atoms. The number of nitrogens with one attached hydrogen (secondary N) is 1. The highest BCUT2D eigenvalue weighted by Gasteiger charge is 2.24. The molecule has 0 aliphatic rings. The summed E-state index contributed by atoms with van der Waals surface area (Å²) < 4.78 is 42.6. The highest BCUT2D eigenvalue weighted by Crippen LogP contribution is 2.33. The summed E-state index contributed by atoms with van der Waals surface area (Å²) in [5, 5.41) is 2.80. The number of hydrogen-bond donors (Lipinski definition) is 1. The summed E-state index contributed by atoms with van der Waals surface area (Å²) in [5.74, 6) is 1.80. The molecule has 0 unspecified atom stereocenters. The first-order valence-corrected chi connectivity index (χ1v) is 12.9. The molecule has 0 aromatic heterocycles. The fraction of sp³-hybridized carbons (Fsp3) is 0.269. The lowest BCUT2D eigenvalue weighted by molar-refractivity contribution is -0.119. The summed E-state index contributed by atoms with van der Waals surface area (Å²) in [6.45, 7) is 0.0390. The summed E-state index contributed by atoms with van der Waals surface area (Å²) in [5.41, 5.74) is 1.33. The minimum Gasteiger partial charge on any atom is -0.493 e. The number of amides is 1. The van der Waals surface area contributed by atoms with Gasteiger partial charge < -0.3 is 19.5 Å². The number of hydrogen-bond acceptors (Lipinski definition) is 6. The Morgan fingerprint density at radius 1 is 0.886 bits per heavy atom. The molecule has 0 aliphatic carbocycles. The van der Waals surface area contributed by atoms with Gasteiger partial charge in [0.05, 0.1) is 26.2 Å². The van der Waals surface area contributed by atoms with Gasteiger partial charge >= 0.3 is 0 Å². The highest BCUT2D eigenvalue weighted by molar-refractivity contribution is 7.92. The average Bonchev–Trinajstić information content (AvgIpc) is 2.85. The molecule has 35 heavy (non-hydrogen) atoms. The molecular formula is C26H30N2O6S. The Labute approximate surface area is 206 Å². The molecule has 0 fully saturated rings. The van der Waals surface area contributed by atoms with Crippen LogP contribution in [0.2, 0.25) is 0 Å². The Balaban J connectivity index is 1.62. The molecule has 0 saturated heterocycles. The molecule has 0 bridgehead atoms. The zero-order chi connectivity index (χ0) is 25.3. The molecule has 1 N–H and O–H groups in total. The van der Waals surface area contributed by atoms with Crippen LogP contribution in [0.25, 0.3) is 0 Å². The van der Waals surface area contributed by atoms with Gasteiger partial charge in [0.15, 0.2) is 17.2 Å². The molecule has 8 nitrogen and oxygen atoms in total. The minimum atomic E-state index is -3.75. The van der Waals surface area contributed by atoms with Crippen LogP contribution in [0.4, 0.5) is 5.69 Å². The van der Waals surface area contributed by atoms with Crippen molar-refractivity contribution in [1.29, 1.82) is 0 Å². The minimum absolute atomic E-state index is 0.291. The standard InChI is InChI=1S/C26H30N2O6S/c1-32-24-16-15-20(18-25(24)33-2)10-9-17-27-26(29)19-28(35(3,30)31)22-13-7-8-14-23(22)34-21-11-5-4-6-12-21/h4-8,11-16,18H,9-10,17,19H2,1-3H3,(H,27,29). The number of nitrogens with zero attached hydrogens (tertiary/aromatic N) is 1. The number of para-hydroxylation sites is 3. The van der Waals surface area contributed by atoms with Crippen molar-refractivity contribution in [2.24, 2.45) is 0 Å². The third kappa shape index (κ3) is 7.38. The van der Waals surface area contributed by atoms with Crippen LogP contribution in [-0.4, -0.2) is 47.9 Å². The third-order valence-electron chi connectivity index (χ3n) is 5.20. The molecule has 3 rings (SSSR count). The Kier molecular flexibility index (Phi) is 8.97. The van der Waals surface area contributed by atoms with Crippen LogP contribution in [0.3, 0.4) is 0 Å². The largest absolute Gasteiger partial charge is 0.493 e. The van der Waals surface area contributed by atoms with E-state index in [1.807, 2.05) is 36.4 Å². The van der Waals surface area contributed by atoms with E-state index in [1.165, 1.54) is 0 Å². The van der Waals surface area contributed by atoms with Crippen molar-refractivity contribution in [3.8, 4) is 23.0 Å². The third-order valence-corrected chi connectivity index (χ3v) is 6.33. The van der Waals surface area contributed by atoms with E-state index < -0.39 is 15.9 Å². The van der Waals surface area contributed by atoms with Gasteiger partial charge in [-0.2, -0.15) is 0 Å². The average molecular weight is 499 g/mol. The molecule has 0 saturated carbocycles. The number of methoxy groups -OCH3 is 2. The number of aryl methyl sites for hydroxylation is 1. The van der Waals surface area contributed by atoms with Gasteiger partial charge in [-0.1, -0.05) is 36.4 Å². The van der Waals surface area contributed by atoms with Crippen LogP contribution in [0.5, 0.6) is 23.0 Å². The van der Waals surface area contributed by atoms with Crippen molar-refractivity contribution >= 4 is 21.6 Å². The second kappa shape index (κ2) is 12.1. The predicted molar refractivity (Wildman–Crippen MR) is 136 cm³/mol. The molecule has 186 valence electrons. The maximum absolute atomic E-state index is 12.6. The summed E-state index contributed by atoms with van der Waals surface area (Å²) in [4.78, 5) is 12.6. The first-order chi connectivity index (χ1) is 16.8. The molecule has 0 atom stereocenters. The van der Waals surface area contributed by atoms with Gasteiger partial charge in [0.2, 0.25) is 15.9 Å². The van der Waals surface area contributed by atoms with Crippen molar-refractivity contribution < 1.29 is 27.4 Å². The van der Waals surface area contributed by atoms with Gasteiger partial charge in [0.25, 0.3) is 0 Å². The Hall–Kier alpha value is -3.72. The summed E-state index contributed by atoms with van der Waals surface area (Å²) in [6.07, 6.45) is 2.45. The number of sulfonamides is 1. The Morgan fingerprint density at radius 2 is 1.57 bits per heavy atom. The number of benzene rings is 3. The predicted octanol–water partition coefficient (Wildman–Crippen LogP) is 4.01. The Morgan fingerprint density at radius 3 is 2.26 bits per heavy atom. The molecule has 0 heterocycles. The second-order valence-corrected chi connectivity index (χ2v) is 9.70. The first-order valence-electron chi connectivity index (χ1n) is 11.1. The summed E-state index contributed by atoms with van der Waals surface area (Å²) in [6, 6.07) is 21.5. The molecule has 0 radical (unpaired) electrons. The smallest absolute Gasteiger partial charge is 0.240 e. The zero-order valence-corrected chi connectivity index (χ0v) is 20.9. The van der Waals surface area contributed by atoms with E-state index in [0.29, 0.717) is 48.1 Å². The molecule has 0 aliphatic heterocycles. The van der Waals surface area contributed by atoms with E-state index >= 15 is 0 Å². The van der Waals surface area contributed by atoms with E-state index in [-0.39, 0.29) is 6.54 Å². The van der Waals surface area contributed by atoms with Crippen molar-refractivity contribution in [3.63, 3.8) is 0 Å². The first kappa shape index (κ1) is 25.9. The number of rotatable bonds is 12. The summed E-state index contributed by atoms with van der Waals surface area (Å²) in [7, 11) is -0.585. The topological polar surface area (TPSA) is 94.2 Å². The van der Waals surface area contributed by atoms with Gasteiger partial charge in [-0.15, -0.1) is 0 Å². The van der Waals surface area contributed by atoms with Gasteiger partial charge in [0, 0.05) is 6.54 Å². The van der Waals surface area contributed by atoms with Gasteiger partial charge in [-0.3, -0.25) is 9.10 Å². The van der Waals surface area contributed by atoms with E-state index in [0.717, 1.165) is 16.1 Å². The molecule has 3 aromatic carbocycles. The van der Waals surface area contributed by atoms with Gasteiger partial charge in [-0.25, -0.2) is 8.42 Å². The van der Waals surface area contributed by atoms with E-state index in [1.54, 1.807) is 50.6 Å². The summed E-state index contributed by atoms with van der Waals surface area (Å²) >= 11 is 0. The number of anilines is 1. The van der Waals surface area contributed by atoms with Crippen molar-refractivity contribution in [2.45, 2.75) is 12.8 Å². The van der Waals surface area contributed by atoms with Crippen molar-refractivity contribution in [2.75, 3.05) is 37.9 Å². The lowest BCUT2D eigenvalue weighted by atomic mass is 10.1. The molecule has 1 amide bonds. The number of carbonyl (C=O) groups excluding carboxylic acids is 1. The Bertz CT molecular complexity index is 1230. The molecule has 3 aromatic rings. The van der Waals surface area contributed by atoms with Crippen LogP contribution < -0.4 is 23.8 Å². The van der Waals surface area contributed by atoms with Crippen LogP contribution in [0, 0.1) is 0 Å². The van der Waals surface area contributed by atoms with Crippen LogP contribution in [0.15, 0.2) is 72.8 Å². The van der Waals surface area contributed by atoms with Crippen molar-refractivity contribution in [1.82, 2.24) is 5.32 Å². The molecule has 9 heteroatoms. The van der Waals surface area contributed by atoms with Crippen LogP contribution in [-0.2, 0) is 21.2 Å². The van der Waals surface area contributed by atoms with Gasteiger partial charge in [0.1, 0.15) is 12.3 Å². The van der Waals surface area contributed by atoms with Crippen LogP contribution in [0.1, 0.15) is 12.0 Å². The molecular weight excluding hydrogens is 468 g/mol.